The normalized spacial score (nSPS) is 13.3. The number of nitrogens with zero attached hydrogens (tertiary/aromatic N) is 1. The summed E-state index contributed by atoms with van der Waals surface area (Å²) in [5.41, 5.74) is 4.58. The lowest BCUT2D eigenvalue weighted by atomic mass is 10.0. The summed E-state index contributed by atoms with van der Waals surface area (Å²) in [4.78, 5) is 40.4. The molecule has 0 bridgehead atoms. The number of carbonyl (C=O) groups is 3. The second-order valence-electron chi connectivity index (χ2n) is 8.45. The van der Waals surface area contributed by atoms with Gasteiger partial charge >= 0.3 is 0 Å². The van der Waals surface area contributed by atoms with Gasteiger partial charge in [0.15, 0.2) is 0 Å². The molecule has 1 heterocycles. The molecule has 1 unspecified atom stereocenters. The van der Waals surface area contributed by atoms with Crippen molar-refractivity contribution >= 4 is 34.8 Å². The highest BCUT2D eigenvalue weighted by Crippen LogP contribution is 2.29. The molecule has 3 aromatic rings. The lowest BCUT2D eigenvalue weighted by molar-refractivity contribution is -0.126. The van der Waals surface area contributed by atoms with Gasteiger partial charge in [-0.05, 0) is 54.8 Å². The fourth-order valence-electron chi connectivity index (χ4n) is 4.13. The molecule has 8 nitrogen and oxygen atoms in total. The van der Waals surface area contributed by atoms with Crippen LogP contribution in [0.5, 0.6) is 5.75 Å². The molecule has 0 aliphatic carbocycles. The zero-order valence-electron chi connectivity index (χ0n) is 19.9. The number of nitrogens with one attached hydrogen (secondary N) is 3. The Hall–Kier alpha value is -4.33. The molecule has 0 fully saturated rings. The van der Waals surface area contributed by atoms with Crippen LogP contribution in [0, 0.1) is 13.8 Å². The Labute approximate surface area is 204 Å². The molecule has 3 amide bonds. The Morgan fingerprint density at radius 2 is 1.69 bits per heavy atom. The molecule has 0 saturated carbocycles. The summed E-state index contributed by atoms with van der Waals surface area (Å²) < 4.78 is 5.23. The van der Waals surface area contributed by atoms with E-state index < -0.39 is 6.04 Å². The third-order valence-electron chi connectivity index (χ3n) is 5.93. The van der Waals surface area contributed by atoms with Gasteiger partial charge < -0.3 is 25.6 Å². The largest absolute Gasteiger partial charge is 0.497 e. The van der Waals surface area contributed by atoms with E-state index in [9.17, 15) is 14.4 Å². The van der Waals surface area contributed by atoms with E-state index in [0.717, 1.165) is 16.8 Å². The number of para-hydroxylation sites is 3. The summed E-state index contributed by atoms with van der Waals surface area (Å²) in [7, 11) is 1.56. The van der Waals surface area contributed by atoms with Crippen molar-refractivity contribution in [3.63, 3.8) is 0 Å². The first kappa shape index (κ1) is 23.8. The van der Waals surface area contributed by atoms with Gasteiger partial charge in [-0.2, -0.15) is 0 Å². The Bertz CT molecular complexity index is 1240. The van der Waals surface area contributed by atoms with Gasteiger partial charge in [-0.25, -0.2) is 0 Å². The van der Waals surface area contributed by atoms with Gasteiger partial charge in [-0.15, -0.1) is 0 Å². The molecule has 4 rings (SSSR count). The molecule has 0 radical (unpaired) electrons. The van der Waals surface area contributed by atoms with E-state index in [0.29, 0.717) is 22.7 Å². The van der Waals surface area contributed by atoms with E-state index in [1.54, 1.807) is 42.3 Å². The zero-order valence-corrected chi connectivity index (χ0v) is 19.9. The Morgan fingerprint density at radius 1 is 1.00 bits per heavy atom. The molecule has 1 aliphatic heterocycles. The molecule has 0 aromatic heterocycles. The van der Waals surface area contributed by atoms with Crippen molar-refractivity contribution in [2.75, 3.05) is 35.7 Å². The number of amides is 3. The Balaban J connectivity index is 1.57. The predicted molar refractivity (Wildman–Crippen MR) is 136 cm³/mol. The number of anilines is 3. The number of fused-ring (bicyclic) bond motifs is 1. The molecule has 8 heteroatoms. The summed E-state index contributed by atoms with van der Waals surface area (Å²) in [6, 6.07) is 19.1. The maximum absolute atomic E-state index is 13.4. The molecule has 180 valence electrons. The van der Waals surface area contributed by atoms with Gasteiger partial charge in [0.25, 0.3) is 5.91 Å². The second-order valence-corrected chi connectivity index (χ2v) is 8.45. The molecule has 0 spiro atoms. The molecular formula is C27H28N4O4. The van der Waals surface area contributed by atoms with Gasteiger partial charge in [-0.1, -0.05) is 42.5 Å². The molecule has 35 heavy (non-hydrogen) atoms. The number of rotatable bonds is 7. The van der Waals surface area contributed by atoms with Gasteiger partial charge in [0, 0.05) is 5.69 Å². The first-order valence-corrected chi connectivity index (χ1v) is 11.3. The van der Waals surface area contributed by atoms with Crippen LogP contribution in [0.2, 0.25) is 0 Å². The number of benzene rings is 3. The lowest BCUT2D eigenvalue weighted by Crippen LogP contribution is -2.46. The van der Waals surface area contributed by atoms with Crippen molar-refractivity contribution in [3.05, 3.63) is 83.4 Å². The fourth-order valence-corrected chi connectivity index (χ4v) is 4.13. The van der Waals surface area contributed by atoms with Crippen LogP contribution in [0.15, 0.2) is 66.7 Å². The van der Waals surface area contributed by atoms with Crippen molar-refractivity contribution in [2.24, 2.45) is 0 Å². The minimum absolute atomic E-state index is 0.0479. The number of hydrogen-bond acceptors (Lipinski definition) is 5. The standard InChI is InChI=1S/C27H28N4O4/c1-17-7-6-8-18(2)25(17)30-27(34)26(19-11-13-20(35-3)14-12-19)29-24(33)16-31-15-23(32)28-21-9-4-5-10-22(21)31/h4-14,26H,15-16H2,1-3H3,(H,28,32)(H,29,33)(H,30,34). The van der Waals surface area contributed by atoms with Crippen LogP contribution in [0.25, 0.3) is 0 Å². The van der Waals surface area contributed by atoms with Crippen molar-refractivity contribution in [1.29, 1.82) is 0 Å². The highest BCUT2D eigenvalue weighted by Gasteiger charge is 2.27. The van der Waals surface area contributed by atoms with Gasteiger partial charge in [0.2, 0.25) is 11.8 Å². The summed E-state index contributed by atoms with van der Waals surface area (Å²) in [5.74, 6) is -0.300. The van der Waals surface area contributed by atoms with Crippen molar-refractivity contribution < 1.29 is 19.1 Å². The lowest BCUT2D eigenvalue weighted by Gasteiger charge is -2.31. The van der Waals surface area contributed by atoms with Gasteiger partial charge in [-0.3, -0.25) is 14.4 Å². The van der Waals surface area contributed by atoms with Crippen LogP contribution >= 0.6 is 0 Å². The minimum Gasteiger partial charge on any atom is -0.497 e. The van der Waals surface area contributed by atoms with Crippen LogP contribution in [-0.2, 0) is 14.4 Å². The highest BCUT2D eigenvalue weighted by atomic mass is 16.5. The number of ether oxygens (including phenoxy) is 1. The van der Waals surface area contributed by atoms with E-state index in [2.05, 4.69) is 16.0 Å². The molecule has 1 aliphatic rings. The summed E-state index contributed by atoms with van der Waals surface area (Å²) in [6.07, 6.45) is 0. The SMILES string of the molecule is COc1ccc(C(NC(=O)CN2CC(=O)Nc3ccccc32)C(=O)Nc2c(C)cccc2C)cc1. The van der Waals surface area contributed by atoms with Gasteiger partial charge in [0.05, 0.1) is 31.6 Å². The minimum atomic E-state index is -0.943. The first-order chi connectivity index (χ1) is 16.9. The summed E-state index contributed by atoms with van der Waals surface area (Å²) in [5, 5.41) is 8.64. The van der Waals surface area contributed by atoms with Crippen molar-refractivity contribution in [2.45, 2.75) is 19.9 Å². The fraction of sp³-hybridized carbons (Fsp3) is 0.222. The summed E-state index contributed by atoms with van der Waals surface area (Å²) in [6.45, 7) is 3.81. The smallest absolute Gasteiger partial charge is 0.251 e. The van der Waals surface area contributed by atoms with E-state index in [1.807, 2.05) is 50.2 Å². The third kappa shape index (κ3) is 5.43. The number of methoxy groups -OCH3 is 1. The highest BCUT2D eigenvalue weighted by molar-refractivity contribution is 6.03. The topological polar surface area (TPSA) is 99.8 Å². The van der Waals surface area contributed by atoms with Crippen LogP contribution in [0.3, 0.4) is 0 Å². The predicted octanol–water partition coefficient (Wildman–Crippen LogP) is 3.57. The van der Waals surface area contributed by atoms with Crippen molar-refractivity contribution in [1.82, 2.24) is 5.32 Å². The molecule has 1 atom stereocenters. The summed E-state index contributed by atoms with van der Waals surface area (Å²) >= 11 is 0. The van der Waals surface area contributed by atoms with E-state index in [-0.39, 0.29) is 30.8 Å². The first-order valence-electron chi connectivity index (χ1n) is 11.3. The van der Waals surface area contributed by atoms with Crippen LogP contribution in [-0.4, -0.2) is 37.9 Å². The van der Waals surface area contributed by atoms with E-state index in [1.165, 1.54) is 0 Å². The third-order valence-corrected chi connectivity index (χ3v) is 5.93. The quantitative estimate of drug-likeness (QED) is 0.488. The zero-order chi connectivity index (χ0) is 24.9. The second kappa shape index (κ2) is 10.3. The number of aryl methyl sites for hydroxylation is 2. The molecule has 0 saturated heterocycles. The average molecular weight is 473 g/mol. The van der Waals surface area contributed by atoms with Crippen LogP contribution in [0.1, 0.15) is 22.7 Å². The maximum Gasteiger partial charge on any atom is 0.251 e. The van der Waals surface area contributed by atoms with E-state index >= 15 is 0 Å². The Kier molecular flexibility index (Phi) is 7.01. The van der Waals surface area contributed by atoms with E-state index in [4.69, 9.17) is 4.74 Å². The monoisotopic (exact) mass is 472 g/mol. The number of carbonyl (C=O) groups excluding carboxylic acids is 3. The number of hydrogen-bond donors (Lipinski definition) is 3. The maximum atomic E-state index is 13.4. The van der Waals surface area contributed by atoms with Crippen molar-refractivity contribution in [3.8, 4) is 5.75 Å². The molecule has 3 N–H and O–H groups in total. The molecule has 3 aromatic carbocycles. The van der Waals surface area contributed by atoms with Crippen LogP contribution in [0.4, 0.5) is 17.1 Å². The van der Waals surface area contributed by atoms with Gasteiger partial charge in [0.1, 0.15) is 11.8 Å². The average Bonchev–Trinajstić information content (AvgIpc) is 2.85. The van der Waals surface area contributed by atoms with Crippen LogP contribution < -0.4 is 25.6 Å². The Morgan fingerprint density at radius 3 is 2.37 bits per heavy atom. The molecular weight excluding hydrogens is 444 g/mol.